The maximum absolute atomic E-state index is 11.9. The first-order chi connectivity index (χ1) is 8.04. The minimum atomic E-state index is -1.52. The van der Waals surface area contributed by atoms with Crippen molar-refractivity contribution in [1.82, 2.24) is 5.32 Å². The molecule has 3 N–H and O–H groups in total. The summed E-state index contributed by atoms with van der Waals surface area (Å²) in [4.78, 5) is 11.7. The number of nitrogens with two attached hydrogens (primary N) is 1. The molecule has 5 nitrogen and oxygen atoms in total. The molecule has 0 saturated heterocycles. The van der Waals surface area contributed by atoms with Gasteiger partial charge < -0.3 is 11.1 Å². The molecule has 0 aliphatic carbocycles. The highest BCUT2D eigenvalue weighted by Gasteiger charge is 2.12. The first kappa shape index (κ1) is 13.7. The number of nitrogens with zero attached hydrogens (tertiary/aromatic N) is 1. The van der Waals surface area contributed by atoms with Gasteiger partial charge in [0, 0.05) is 10.2 Å². The van der Waals surface area contributed by atoms with Crippen molar-refractivity contribution in [3.8, 4) is 6.07 Å². The van der Waals surface area contributed by atoms with E-state index in [9.17, 15) is 9.00 Å². The Hall–Kier alpha value is -1.39. The van der Waals surface area contributed by atoms with Gasteiger partial charge in [-0.25, -0.2) is 0 Å². The standard InChI is InChI=1S/C10H10BrN3O2S/c11-7-1-2-8(13)9(5-7)17(16)6-10(15)14-4-3-12/h1-2,5H,4,6,13H2,(H,14,15). The van der Waals surface area contributed by atoms with Crippen LogP contribution in [0.5, 0.6) is 0 Å². The van der Waals surface area contributed by atoms with E-state index in [0.29, 0.717) is 10.6 Å². The van der Waals surface area contributed by atoms with E-state index in [2.05, 4.69) is 21.2 Å². The maximum Gasteiger partial charge on any atom is 0.233 e. The van der Waals surface area contributed by atoms with Crippen LogP contribution in [-0.4, -0.2) is 22.4 Å². The van der Waals surface area contributed by atoms with Crippen molar-refractivity contribution in [2.24, 2.45) is 0 Å². The summed E-state index contributed by atoms with van der Waals surface area (Å²) in [5.41, 5.74) is 6.04. The summed E-state index contributed by atoms with van der Waals surface area (Å²) in [6, 6.07) is 6.73. The van der Waals surface area contributed by atoms with Crippen molar-refractivity contribution in [3.05, 3.63) is 22.7 Å². The number of nitrogen functional groups attached to an aromatic ring is 1. The highest BCUT2D eigenvalue weighted by molar-refractivity contribution is 9.10. The summed E-state index contributed by atoms with van der Waals surface area (Å²) >= 11 is 3.24. The minimum Gasteiger partial charge on any atom is -0.398 e. The highest BCUT2D eigenvalue weighted by Crippen LogP contribution is 2.21. The second-order valence-electron chi connectivity index (χ2n) is 3.11. The highest BCUT2D eigenvalue weighted by atomic mass is 79.9. The lowest BCUT2D eigenvalue weighted by atomic mass is 10.3. The van der Waals surface area contributed by atoms with Crippen LogP contribution in [0, 0.1) is 11.3 Å². The van der Waals surface area contributed by atoms with E-state index in [1.165, 1.54) is 0 Å². The van der Waals surface area contributed by atoms with Crippen LogP contribution < -0.4 is 11.1 Å². The third-order valence-electron chi connectivity index (χ3n) is 1.85. The van der Waals surface area contributed by atoms with Gasteiger partial charge in [0.1, 0.15) is 12.3 Å². The predicted molar refractivity (Wildman–Crippen MR) is 68.5 cm³/mol. The van der Waals surface area contributed by atoms with Crippen molar-refractivity contribution in [2.45, 2.75) is 4.90 Å². The second kappa shape index (κ2) is 6.37. The van der Waals surface area contributed by atoms with Crippen molar-refractivity contribution >= 4 is 38.3 Å². The van der Waals surface area contributed by atoms with Gasteiger partial charge in [-0.3, -0.25) is 9.00 Å². The van der Waals surface area contributed by atoms with Gasteiger partial charge in [0.05, 0.1) is 21.8 Å². The molecule has 17 heavy (non-hydrogen) atoms. The van der Waals surface area contributed by atoms with E-state index in [4.69, 9.17) is 11.0 Å². The summed E-state index contributed by atoms with van der Waals surface area (Å²) in [5.74, 6) is -0.647. The summed E-state index contributed by atoms with van der Waals surface area (Å²) in [6.07, 6.45) is 0. The lowest BCUT2D eigenvalue weighted by molar-refractivity contribution is -0.118. The number of nitriles is 1. The van der Waals surface area contributed by atoms with Crippen LogP contribution in [0.15, 0.2) is 27.6 Å². The fourth-order valence-electron chi connectivity index (χ4n) is 1.09. The topological polar surface area (TPSA) is 96.0 Å². The van der Waals surface area contributed by atoms with Crippen LogP contribution in [0.3, 0.4) is 0 Å². The lowest BCUT2D eigenvalue weighted by Crippen LogP contribution is -2.28. The smallest absolute Gasteiger partial charge is 0.233 e. The van der Waals surface area contributed by atoms with Gasteiger partial charge in [-0.2, -0.15) is 5.26 Å². The largest absolute Gasteiger partial charge is 0.398 e. The maximum atomic E-state index is 11.9. The second-order valence-corrected chi connectivity index (χ2v) is 5.44. The number of nitrogens with one attached hydrogen (secondary N) is 1. The molecule has 1 aromatic carbocycles. The van der Waals surface area contributed by atoms with Gasteiger partial charge in [-0.05, 0) is 18.2 Å². The van der Waals surface area contributed by atoms with E-state index in [-0.39, 0.29) is 12.3 Å². The van der Waals surface area contributed by atoms with Crippen LogP contribution in [0.4, 0.5) is 5.69 Å². The Morgan fingerprint density at radius 3 is 2.94 bits per heavy atom. The Balaban J connectivity index is 2.73. The van der Waals surface area contributed by atoms with Crippen molar-refractivity contribution in [2.75, 3.05) is 18.0 Å². The molecule has 1 unspecified atom stereocenters. The zero-order chi connectivity index (χ0) is 12.8. The normalized spacial score (nSPS) is 11.5. The van der Waals surface area contributed by atoms with E-state index in [1.54, 1.807) is 24.3 Å². The number of hydrogen-bond acceptors (Lipinski definition) is 4. The third-order valence-corrected chi connectivity index (χ3v) is 3.71. The number of halogens is 1. The summed E-state index contributed by atoms with van der Waals surface area (Å²) in [7, 11) is -1.52. The summed E-state index contributed by atoms with van der Waals surface area (Å²) in [5, 5.41) is 10.6. The number of carbonyl (C=O) groups is 1. The molecule has 0 aromatic heterocycles. The molecular formula is C10H10BrN3O2S. The first-order valence-corrected chi connectivity index (χ1v) is 6.73. The summed E-state index contributed by atoms with van der Waals surface area (Å²) in [6.45, 7) is -0.0933. The number of amides is 1. The molecule has 1 amide bonds. The van der Waals surface area contributed by atoms with Gasteiger partial charge in [-0.15, -0.1) is 0 Å². The van der Waals surface area contributed by atoms with E-state index < -0.39 is 16.7 Å². The first-order valence-electron chi connectivity index (χ1n) is 4.61. The zero-order valence-corrected chi connectivity index (χ0v) is 11.2. The molecule has 1 atom stereocenters. The van der Waals surface area contributed by atoms with Crippen molar-refractivity contribution in [1.29, 1.82) is 5.26 Å². The van der Waals surface area contributed by atoms with Gasteiger partial charge in [-0.1, -0.05) is 15.9 Å². The lowest BCUT2D eigenvalue weighted by Gasteiger charge is -2.06. The Morgan fingerprint density at radius 1 is 1.59 bits per heavy atom. The SMILES string of the molecule is N#CCNC(=O)CS(=O)c1cc(Br)ccc1N. The zero-order valence-electron chi connectivity index (χ0n) is 8.77. The van der Waals surface area contributed by atoms with Gasteiger partial charge in [0.25, 0.3) is 0 Å². The predicted octanol–water partition coefficient (Wildman–Crippen LogP) is 0.779. The van der Waals surface area contributed by atoms with E-state index >= 15 is 0 Å². The molecule has 90 valence electrons. The fraction of sp³-hybridized carbons (Fsp3) is 0.200. The van der Waals surface area contributed by atoms with Crippen LogP contribution >= 0.6 is 15.9 Å². The van der Waals surface area contributed by atoms with Crippen LogP contribution in [0.25, 0.3) is 0 Å². The Kier molecular flexibility index (Phi) is 5.12. The number of rotatable bonds is 4. The molecule has 0 fully saturated rings. The number of carbonyl (C=O) groups excluding carboxylic acids is 1. The number of anilines is 1. The molecule has 0 bridgehead atoms. The Morgan fingerprint density at radius 2 is 2.29 bits per heavy atom. The average molecular weight is 316 g/mol. The average Bonchev–Trinajstić information content (AvgIpc) is 2.29. The van der Waals surface area contributed by atoms with Gasteiger partial charge in [0.15, 0.2) is 0 Å². The molecule has 7 heteroatoms. The van der Waals surface area contributed by atoms with Crippen LogP contribution in [0.1, 0.15) is 0 Å². The number of benzene rings is 1. The van der Waals surface area contributed by atoms with Gasteiger partial charge >= 0.3 is 0 Å². The summed E-state index contributed by atoms with van der Waals surface area (Å²) < 4.78 is 12.6. The molecule has 0 saturated carbocycles. The van der Waals surface area contributed by atoms with Crippen LogP contribution in [-0.2, 0) is 15.6 Å². The quantitative estimate of drug-likeness (QED) is 0.634. The van der Waals surface area contributed by atoms with E-state index in [0.717, 1.165) is 4.47 Å². The molecule has 1 aromatic rings. The molecule has 1 rings (SSSR count). The number of hydrogen-bond donors (Lipinski definition) is 2. The monoisotopic (exact) mass is 315 g/mol. The Bertz CT molecular complexity index is 499. The molecule has 0 aliphatic rings. The molecular weight excluding hydrogens is 306 g/mol. The van der Waals surface area contributed by atoms with Gasteiger partial charge in [0.2, 0.25) is 5.91 Å². The minimum absolute atomic E-state index is 0.0933. The van der Waals surface area contributed by atoms with Crippen LogP contribution in [0.2, 0.25) is 0 Å². The molecule has 0 aliphatic heterocycles. The van der Waals surface area contributed by atoms with Crippen molar-refractivity contribution < 1.29 is 9.00 Å². The van der Waals surface area contributed by atoms with E-state index in [1.807, 2.05) is 0 Å². The molecule has 0 radical (unpaired) electrons. The third kappa shape index (κ3) is 4.17. The molecule has 0 spiro atoms. The van der Waals surface area contributed by atoms with Crippen molar-refractivity contribution in [3.63, 3.8) is 0 Å². The molecule has 0 heterocycles. The fourth-order valence-corrected chi connectivity index (χ4v) is 2.69. The Labute approximate surface area is 110 Å².